The lowest BCUT2D eigenvalue weighted by Gasteiger charge is -1.99. The third kappa shape index (κ3) is 2.49. The van der Waals surface area contributed by atoms with Crippen LogP contribution in [0.3, 0.4) is 0 Å². The van der Waals surface area contributed by atoms with Crippen LogP contribution in [0.4, 0.5) is 0 Å². The van der Waals surface area contributed by atoms with Crippen LogP contribution in [0, 0.1) is 3.57 Å². The molecule has 78 valence electrons. The Hall–Kier alpha value is -0.620. The summed E-state index contributed by atoms with van der Waals surface area (Å²) in [5, 5.41) is 7.90. The highest BCUT2D eigenvalue weighted by atomic mass is 127. The van der Waals surface area contributed by atoms with E-state index in [-0.39, 0.29) is 5.38 Å². The highest BCUT2D eigenvalue weighted by Gasteiger charge is 2.07. The Balaban J connectivity index is 2.33. The van der Waals surface area contributed by atoms with Crippen LogP contribution < -0.4 is 0 Å². The largest absolute Gasteiger partial charge is 0.220 e. The van der Waals surface area contributed by atoms with Crippen LogP contribution in [0.1, 0.15) is 18.0 Å². The fraction of sp³-hybridized carbons (Fsp3) is 0.200. The number of nitrogens with zero attached hydrogens (tertiary/aromatic N) is 3. The first-order valence-corrected chi connectivity index (χ1v) is 6.00. The SMILES string of the molecule is CC(Cl)c1cn(-c2ccc(I)cc2)nn1. The van der Waals surface area contributed by atoms with Crippen LogP contribution in [0.5, 0.6) is 0 Å². The van der Waals surface area contributed by atoms with Crippen molar-refractivity contribution in [1.82, 2.24) is 15.0 Å². The average molecular weight is 334 g/mol. The zero-order valence-corrected chi connectivity index (χ0v) is 11.0. The van der Waals surface area contributed by atoms with Crippen molar-refractivity contribution in [3.05, 3.63) is 39.7 Å². The van der Waals surface area contributed by atoms with Gasteiger partial charge in [-0.1, -0.05) is 5.21 Å². The number of rotatable bonds is 2. The second-order valence-corrected chi connectivity index (χ2v) is 5.08. The van der Waals surface area contributed by atoms with Gasteiger partial charge in [0.2, 0.25) is 0 Å². The summed E-state index contributed by atoms with van der Waals surface area (Å²) in [5.41, 5.74) is 1.78. The Morgan fingerprint density at radius 2 is 2.00 bits per heavy atom. The molecule has 1 heterocycles. The second-order valence-electron chi connectivity index (χ2n) is 3.18. The van der Waals surface area contributed by atoms with E-state index in [0.29, 0.717) is 0 Å². The zero-order chi connectivity index (χ0) is 10.8. The van der Waals surface area contributed by atoms with E-state index in [4.69, 9.17) is 11.6 Å². The molecule has 15 heavy (non-hydrogen) atoms. The van der Waals surface area contributed by atoms with Gasteiger partial charge in [-0.2, -0.15) is 0 Å². The molecule has 1 aromatic carbocycles. The maximum Gasteiger partial charge on any atom is 0.101 e. The van der Waals surface area contributed by atoms with Crippen molar-refractivity contribution in [1.29, 1.82) is 0 Å². The van der Waals surface area contributed by atoms with E-state index in [1.807, 2.05) is 37.4 Å². The molecule has 1 unspecified atom stereocenters. The van der Waals surface area contributed by atoms with Crippen LogP contribution >= 0.6 is 34.2 Å². The molecule has 0 aliphatic heterocycles. The third-order valence-corrected chi connectivity index (χ3v) is 2.95. The molecular formula is C10H9ClIN3. The van der Waals surface area contributed by atoms with E-state index in [1.165, 1.54) is 3.57 Å². The van der Waals surface area contributed by atoms with Gasteiger partial charge in [-0.25, -0.2) is 4.68 Å². The van der Waals surface area contributed by atoms with E-state index in [1.54, 1.807) is 4.68 Å². The zero-order valence-electron chi connectivity index (χ0n) is 8.06. The summed E-state index contributed by atoms with van der Waals surface area (Å²) < 4.78 is 2.92. The summed E-state index contributed by atoms with van der Waals surface area (Å²) in [4.78, 5) is 0. The van der Waals surface area contributed by atoms with E-state index < -0.39 is 0 Å². The molecule has 0 saturated carbocycles. The molecule has 0 saturated heterocycles. The van der Waals surface area contributed by atoms with Gasteiger partial charge in [-0.3, -0.25) is 0 Å². The van der Waals surface area contributed by atoms with E-state index in [9.17, 15) is 0 Å². The molecule has 0 spiro atoms. The van der Waals surface area contributed by atoms with E-state index in [0.717, 1.165) is 11.4 Å². The van der Waals surface area contributed by atoms with Crippen LogP contribution in [-0.4, -0.2) is 15.0 Å². The Morgan fingerprint density at radius 1 is 1.33 bits per heavy atom. The monoisotopic (exact) mass is 333 g/mol. The van der Waals surface area contributed by atoms with Crippen molar-refractivity contribution in [3.8, 4) is 5.69 Å². The Morgan fingerprint density at radius 3 is 2.53 bits per heavy atom. The molecule has 0 radical (unpaired) electrons. The van der Waals surface area contributed by atoms with Gasteiger partial charge < -0.3 is 0 Å². The fourth-order valence-corrected chi connectivity index (χ4v) is 1.64. The number of hydrogen-bond donors (Lipinski definition) is 0. The first-order valence-electron chi connectivity index (χ1n) is 4.49. The molecule has 0 fully saturated rings. The summed E-state index contributed by atoms with van der Waals surface area (Å²) >= 11 is 8.18. The maximum atomic E-state index is 5.91. The van der Waals surface area contributed by atoms with Crippen molar-refractivity contribution in [3.63, 3.8) is 0 Å². The van der Waals surface area contributed by atoms with E-state index in [2.05, 4.69) is 32.9 Å². The lowest BCUT2D eigenvalue weighted by atomic mass is 10.3. The molecule has 1 aromatic heterocycles. The van der Waals surface area contributed by atoms with Gasteiger partial charge in [0, 0.05) is 3.57 Å². The topological polar surface area (TPSA) is 30.7 Å². The molecule has 2 rings (SSSR count). The highest BCUT2D eigenvalue weighted by Crippen LogP contribution is 2.17. The smallest absolute Gasteiger partial charge is 0.101 e. The second kappa shape index (κ2) is 4.49. The van der Waals surface area contributed by atoms with Gasteiger partial charge in [0.1, 0.15) is 5.69 Å². The van der Waals surface area contributed by atoms with Crippen molar-refractivity contribution < 1.29 is 0 Å². The standard InChI is InChI=1S/C10H9ClIN3/c1-7(11)10-6-15(14-13-10)9-4-2-8(12)3-5-9/h2-7H,1H3. The molecule has 0 aliphatic carbocycles. The molecule has 0 N–H and O–H groups in total. The summed E-state index contributed by atoms with van der Waals surface area (Å²) in [5.74, 6) is 0. The minimum Gasteiger partial charge on any atom is -0.220 e. The normalized spacial score (nSPS) is 12.7. The number of alkyl halides is 1. The number of hydrogen-bond acceptors (Lipinski definition) is 2. The van der Waals surface area contributed by atoms with Gasteiger partial charge in [0.05, 0.1) is 17.3 Å². The Labute approximate surface area is 107 Å². The van der Waals surface area contributed by atoms with Crippen molar-refractivity contribution in [2.75, 3.05) is 0 Å². The average Bonchev–Trinajstić information content (AvgIpc) is 2.68. The third-order valence-electron chi connectivity index (χ3n) is 2.01. The maximum absolute atomic E-state index is 5.91. The molecule has 0 amide bonds. The number of aromatic nitrogens is 3. The molecule has 3 nitrogen and oxygen atoms in total. The predicted octanol–water partition coefficient (Wildman–Crippen LogP) is 3.17. The lowest BCUT2D eigenvalue weighted by Crippen LogP contribution is -1.94. The van der Waals surface area contributed by atoms with Crippen molar-refractivity contribution in [2.45, 2.75) is 12.3 Å². The van der Waals surface area contributed by atoms with Crippen LogP contribution in [-0.2, 0) is 0 Å². The summed E-state index contributed by atoms with van der Waals surface area (Å²) in [6.07, 6.45) is 1.85. The van der Waals surface area contributed by atoms with Crippen LogP contribution in [0.2, 0.25) is 0 Å². The first-order chi connectivity index (χ1) is 7.16. The molecule has 0 bridgehead atoms. The minimum atomic E-state index is -0.109. The fourth-order valence-electron chi connectivity index (χ4n) is 1.18. The predicted molar refractivity (Wildman–Crippen MR) is 68.3 cm³/mol. The molecule has 0 aliphatic rings. The van der Waals surface area contributed by atoms with Crippen LogP contribution in [0.25, 0.3) is 5.69 Å². The highest BCUT2D eigenvalue weighted by molar-refractivity contribution is 14.1. The van der Waals surface area contributed by atoms with Crippen molar-refractivity contribution >= 4 is 34.2 Å². The quantitative estimate of drug-likeness (QED) is 0.624. The van der Waals surface area contributed by atoms with Crippen LogP contribution in [0.15, 0.2) is 30.5 Å². The number of halogens is 2. The van der Waals surface area contributed by atoms with Gasteiger partial charge in [0.15, 0.2) is 0 Å². The summed E-state index contributed by atoms with van der Waals surface area (Å²) in [7, 11) is 0. The first kappa shape index (κ1) is 10.9. The Bertz CT molecular complexity index is 450. The van der Waals surface area contributed by atoms with Gasteiger partial charge in [-0.15, -0.1) is 16.7 Å². The summed E-state index contributed by atoms with van der Waals surface area (Å²) in [6, 6.07) is 8.06. The Kier molecular flexibility index (Phi) is 3.25. The minimum absolute atomic E-state index is 0.109. The molecule has 1 atom stereocenters. The van der Waals surface area contributed by atoms with Gasteiger partial charge in [-0.05, 0) is 53.8 Å². The summed E-state index contributed by atoms with van der Waals surface area (Å²) in [6.45, 7) is 1.88. The van der Waals surface area contributed by atoms with Gasteiger partial charge in [0.25, 0.3) is 0 Å². The van der Waals surface area contributed by atoms with E-state index >= 15 is 0 Å². The van der Waals surface area contributed by atoms with Gasteiger partial charge >= 0.3 is 0 Å². The van der Waals surface area contributed by atoms with Crippen molar-refractivity contribution in [2.24, 2.45) is 0 Å². The number of benzene rings is 1. The molecule has 5 heteroatoms. The lowest BCUT2D eigenvalue weighted by molar-refractivity contribution is 0.796. The molecule has 2 aromatic rings. The molecular weight excluding hydrogens is 324 g/mol.